The standard InChI is InChI=1S/C21H27FN4O3S/c1-15(27)26(11-12-29-2)21-24-17(14-30-21)13-25-9-7-16(8-10-25)23-20(28)18-5-3-4-6-19(18)22/h3-6,14,16H,7-13H2,1-2H3,(H,23,28). The topological polar surface area (TPSA) is 74.8 Å². The fourth-order valence-electron chi connectivity index (χ4n) is 3.44. The van der Waals surface area contributed by atoms with E-state index in [2.05, 4.69) is 15.2 Å². The second kappa shape index (κ2) is 10.6. The molecule has 1 fully saturated rings. The molecule has 1 saturated heterocycles. The zero-order valence-corrected chi connectivity index (χ0v) is 18.1. The number of rotatable bonds is 8. The van der Waals surface area contributed by atoms with Crippen LogP contribution in [0.1, 0.15) is 35.8 Å². The molecular weight excluding hydrogens is 407 g/mol. The number of hydrogen-bond acceptors (Lipinski definition) is 6. The summed E-state index contributed by atoms with van der Waals surface area (Å²) in [5.41, 5.74) is 1.01. The molecule has 162 valence electrons. The van der Waals surface area contributed by atoms with E-state index in [1.807, 2.05) is 5.38 Å². The second-order valence-electron chi connectivity index (χ2n) is 7.29. The van der Waals surface area contributed by atoms with Crippen molar-refractivity contribution in [3.8, 4) is 0 Å². The summed E-state index contributed by atoms with van der Waals surface area (Å²) in [4.78, 5) is 32.7. The summed E-state index contributed by atoms with van der Waals surface area (Å²) < 4.78 is 18.8. The van der Waals surface area contributed by atoms with Crippen molar-refractivity contribution in [2.24, 2.45) is 0 Å². The number of nitrogens with zero attached hydrogens (tertiary/aromatic N) is 3. The number of piperidine rings is 1. The van der Waals surface area contributed by atoms with E-state index >= 15 is 0 Å². The summed E-state index contributed by atoms with van der Waals surface area (Å²) in [5.74, 6) is -0.924. The van der Waals surface area contributed by atoms with Gasteiger partial charge in [0.1, 0.15) is 5.82 Å². The molecule has 0 bridgehead atoms. The highest BCUT2D eigenvalue weighted by atomic mass is 32.1. The van der Waals surface area contributed by atoms with Crippen LogP contribution in [0.15, 0.2) is 29.6 Å². The molecular formula is C21H27FN4O3S. The van der Waals surface area contributed by atoms with Crippen LogP contribution in [0.25, 0.3) is 0 Å². The minimum Gasteiger partial charge on any atom is -0.383 e. The van der Waals surface area contributed by atoms with Crippen LogP contribution in [0, 0.1) is 5.82 Å². The number of carbonyl (C=O) groups is 2. The smallest absolute Gasteiger partial charge is 0.254 e. The van der Waals surface area contributed by atoms with E-state index in [4.69, 9.17) is 4.74 Å². The van der Waals surface area contributed by atoms with Crippen LogP contribution in [0.4, 0.5) is 9.52 Å². The van der Waals surface area contributed by atoms with Gasteiger partial charge in [-0.3, -0.25) is 19.4 Å². The van der Waals surface area contributed by atoms with Gasteiger partial charge in [-0.2, -0.15) is 0 Å². The summed E-state index contributed by atoms with van der Waals surface area (Å²) in [6, 6.07) is 6.05. The molecule has 0 unspecified atom stereocenters. The van der Waals surface area contributed by atoms with Crippen molar-refractivity contribution in [3.63, 3.8) is 0 Å². The first-order chi connectivity index (χ1) is 14.5. The van der Waals surface area contributed by atoms with E-state index in [9.17, 15) is 14.0 Å². The van der Waals surface area contributed by atoms with Gasteiger partial charge in [-0.25, -0.2) is 9.37 Å². The first-order valence-electron chi connectivity index (χ1n) is 9.97. The Morgan fingerprint density at radius 2 is 2.07 bits per heavy atom. The maximum Gasteiger partial charge on any atom is 0.254 e. The van der Waals surface area contributed by atoms with Crippen LogP contribution < -0.4 is 10.2 Å². The number of amides is 2. The normalized spacial score (nSPS) is 15.2. The fraction of sp³-hybridized carbons (Fsp3) is 0.476. The molecule has 2 heterocycles. The van der Waals surface area contributed by atoms with Crippen molar-refractivity contribution < 1.29 is 18.7 Å². The first-order valence-corrected chi connectivity index (χ1v) is 10.8. The largest absolute Gasteiger partial charge is 0.383 e. The Morgan fingerprint density at radius 3 is 2.73 bits per heavy atom. The summed E-state index contributed by atoms with van der Waals surface area (Å²) in [6.45, 7) is 4.79. The maximum absolute atomic E-state index is 13.8. The third-order valence-electron chi connectivity index (χ3n) is 5.10. The number of halogens is 1. The maximum atomic E-state index is 13.8. The van der Waals surface area contributed by atoms with Gasteiger partial charge >= 0.3 is 0 Å². The van der Waals surface area contributed by atoms with E-state index < -0.39 is 5.82 Å². The van der Waals surface area contributed by atoms with Crippen LogP contribution in [0.3, 0.4) is 0 Å². The number of anilines is 1. The summed E-state index contributed by atoms with van der Waals surface area (Å²) in [7, 11) is 1.61. The highest BCUT2D eigenvalue weighted by Crippen LogP contribution is 2.23. The lowest BCUT2D eigenvalue weighted by atomic mass is 10.0. The Balaban J connectivity index is 1.49. The minimum atomic E-state index is -0.503. The number of ether oxygens (including phenoxy) is 1. The molecule has 1 aromatic carbocycles. The average molecular weight is 435 g/mol. The summed E-state index contributed by atoms with van der Waals surface area (Å²) >= 11 is 1.45. The Bertz CT molecular complexity index is 867. The first kappa shape index (κ1) is 22.3. The van der Waals surface area contributed by atoms with Gasteiger partial charge < -0.3 is 10.1 Å². The van der Waals surface area contributed by atoms with Gasteiger partial charge in [-0.1, -0.05) is 12.1 Å². The van der Waals surface area contributed by atoms with Gasteiger partial charge in [0.15, 0.2) is 5.13 Å². The Hall–Kier alpha value is -2.36. The third kappa shape index (κ3) is 5.84. The van der Waals surface area contributed by atoms with Crippen molar-refractivity contribution >= 4 is 28.3 Å². The molecule has 30 heavy (non-hydrogen) atoms. The van der Waals surface area contributed by atoms with Gasteiger partial charge in [0.05, 0.1) is 24.4 Å². The van der Waals surface area contributed by atoms with Crippen molar-refractivity contribution in [1.82, 2.24) is 15.2 Å². The van der Waals surface area contributed by atoms with E-state index in [0.29, 0.717) is 24.8 Å². The predicted molar refractivity (Wildman–Crippen MR) is 114 cm³/mol. The molecule has 9 heteroatoms. The Morgan fingerprint density at radius 1 is 1.33 bits per heavy atom. The number of hydrogen-bond donors (Lipinski definition) is 1. The molecule has 1 aromatic heterocycles. The number of carbonyl (C=O) groups excluding carboxylic acids is 2. The fourth-order valence-corrected chi connectivity index (χ4v) is 4.32. The van der Waals surface area contributed by atoms with Crippen molar-refractivity contribution in [1.29, 1.82) is 0 Å². The van der Waals surface area contributed by atoms with Gasteiger partial charge in [0.25, 0.3) is 5.91 Å². The van der Waals surface area contributed by atoms with Gasteiger partial charge in [-0.15, -0.1) is 11.3 Å². The lowest BCUT2D eigenvalue weighted by Crippen LogP contribution is -2.44. The van der Waals surface area contributed by atoms with Gasteiger partial charge in [0, 0.05) is 45.1 Å². The number of thiazole rings is 1. The Labute approximate surface area is 179 Å². The van der Waals surface area contributed by atoms with Crippen molar-refractivity contribution in [2.45, 2.75) is 32.4 Å². The number of aromatic nitrogens is 1. The Kier molecular flexibility index (Phi) is 7.89. The zero-order valence-electron chi connectivity index (χ0n) is 17.3. The quantitative estimate of drug-likeness (QED) is 0.692. The van der Waals surface area contributed by atoms with Gasteiger partial charge in [-0.05, 0) is 25.0 Å². The molecule has 1 N–H and O–H groups in total. The summed E-state index contributed by atoms with van der Waals surface area (Å²) in [6.07, 6.45) is 1.59. The number of benzene rings is 1. The van der Waals surface area contributed by atoms with E-state index in [-0.39, 0.29) is 23.4 Å². The molecule has 1 aliphatic heterocycles. The van der Waals surface area contributed by atoms with Crippen LogP contribution in [-0.4, -0.2) is 61.1 Å². The highest BCUT2D eigenvalue weighted by Gasteiger charge is 2.23. The zero-order chi connectivity index (χ0) is 21.5. The van der Waals surface area contributed by atoms with Crippen LogP contribution in [0.5, 0.6) is 0 Å². The van der Waals surface area contributed by atoms with E-state index in [1.165, 1.54) is 30.4 Å². The van der Waals surface area contributed by atoms with E-state index in [1.54, 1.807) is 24.1 Å². The van der Waals surface area contributed by atoms with Crippen molar-refractivity contribution in [2.75, 3.05) is 38.3 Å². The molecule has 0 radical (unpaired) electrons. The third-order valence-corrected chi connectivity index (χ3v) is 6.01. The predicted octanol–water partition coefficient (Wildman–Crippen LogP) is 2.68. The van der Waals surface area contributed by atoms with Crippen LogP contribution in [0.2, 0.25) is 0 Å². The number of nitrogens with one attached hydrogen (secondary N) is 1. The van der Waals surface area contributed by atoms with Crippen LogP contribution in [-0.2, 0) is 16.1 Å². The SMILES string of the molecule is COCCN(C(C)=O)c1nc(CN2CCC(NC(=O)c3ccccc3F)CC2)cs1. The molecule has 3 rings (SSSR count). The molecule has 1 aliphatic rings. The molecule has 2 amide bonds. The summed E-state index contributed by atoms with van der Waals surface area (Å²) in [5, 5.41) is 5.59. The molecule has 2 aromatic rings. The lowest BCUT2D eigenvalue weighted by Gasteiger charge is -2.31. The monoisotopic (exact) mass is 434 g/mol. The average Bonchev–Trinajstić information content (AvgIpc) is 3.18. The molecule has 0 aliphatic carbocycles. The minimum absolute atomic E-state index is 0.0293. The lowest BCUT2D eigenvalue weighted by molar-refractivity contribution is -0.116. The molecule has 7 nitrogen and oxygen atoms in total. The molecule has 0 atom stereocenters. The second-order valence-corrected chi connectivity index (χ2v) is 8.13. The van der Waals surface area contributed by atoms with Crippen molar-refractivity contribution in [3.05, 3.63) is 46.7 Å². The number of likely N-dealkylation sites (tertiary alicyclic amines) is 1. The highest BCUT2D eigenvalue weighted by molar-refractivity contribution is 7.14. The van der Waals surface area contributed by atoms with E-state index in [0.717, 1.165) is 31.6 Å². The van der Waals surface area contributed by atoms with Crippen LogP contribution >= 0.6 is 11.3 Å². The molecule has 0 saturated carbocycles. The van der Waals surface area contributed by atoms with Gasteiger partial charge in [0.2, 0.25) is 5.91 Å². The number of methoxy groups -OCH3 is 1. The molecule has 0 spiro atoms.